The second-order valence-electron chi connectivity index (χ2n) is 6.34. The molecule has 4 aromatic rings. The molecule has 5 nitrogen and oxygen atoms in total. The molecule has 0 saturated heterocycles. The molecule has 1 N–H and O–H groups in total. The number of benzene rings is 2. The van der Waals surface area contributed by atoms with Crippen molar-refractivity contribution in [3.63, 3.8) is 0 Å². The monoisotopic (exact) mass is 364 g/mol. The van der Waals surface area contributed by atoms with Gasteiger partial charge in [0.05, 0.1) is 16.7 Å². The van der Waals surface area contributed by atoms with E-state index in [1.165, 1.54) is 0 Å². The van der Waals surface area contributed by atoms with E-state index in [-0.39, 0.29) is 11.9 Å². The predicted octanol–water partition coefficient (Wildman–Crippen LogP) is 6.54. The molecule has 0 unspecified atom stereocenters. The molecule has 0 atom stereocenters. The number of aromatic nitrogens is 2. The van der Waals surface area contributed by atoms with Crippen LogP contribution in [0, 0.1) is 0 Å². The van der Waals surface area contributed by atoms with E-state index in [1.54, 1.807) is 24.4 Å². The second-order valence-corrected chi connectivity index (χ2v) is 6.78. The molecule has 26 heavy (non-hydrogen) atoms. The molecule has 0 radical (unpaired) electrons. The standard InChI is InChI=1S/C20H17ClN4O/c1-12(2)25-18-6-4-3-5-15(18)19(20(25)26)24-23-16-9-10-22-17-11-13(21)7-8-14(16)17/h3-12,26H,1-2H3. The lowest BCUT2D eigenvalue weighted by Gasteiger charge is -2.10. The summed E-state index contributed by atoms with van der Waals surface area (Å²) in [5.74, 6) is 0.117. The highest BCUT2D eigenvalue weighted by atomic mass is 35.5. The van der Waals surface area contributed by atoms with Gasteiger partial charge in [-0.05, 0) is 44.2 Å². The molecule has 0 aliphatic heterocycles. The molecule has 0 bridgehead atoms. The number of aromatic hydroxyl groups is 1. The van der Waals surface area contributed by atoms with E-state index in [1.807, 2.05) is 48.7 Å². The SMILES string of the molecule is CC(C)n1c(O)c(N=Nc2ccnc3cc(Cl)ccc23)c2ccccc21. The highest BCUT2D eigenvalue weighted by Gasteiger charge is 2.18. The van der Waals surface area contributed by atoms with E-state index < -0.39 is 0 Å². The normalized spacial score (nSPS) is 12.0. The number of hydrogen-bond donors (Lipinski definition) is 1. The van der Waals surface area contributed by atoms with Gasteiger partial charge in [0.1, 0.15) is 0 Å². The Labute approximate surface area is 155 Å². The summed E-state index contributed by atoms with van der Waals surface area (Å²) in [6.07, 6.45) is 1.67. The molecule has 4 rings (SSSR count). The zero-order valence-corrected chi connectivity index (χ0v) is 15.1. The summed E-state index contributed by atoms with van der Waals surface area (Å²) in [4.78, 5) is 4.31. The number of para-hydroxylation sites is 1. The largest absolute Gasteiger partial charge is 0.493 e. The van der Waals surface area contributed by atoms with Crippen molar-refractivity contribution in [3.05, 3.63) is 59.8 Å². The number of nitrogens with zero attached hydrogens (tertiary/aromatic N) is 4. The van der Waals surface area contributed by atoms with Crippen molar-refractivity contribution in [1.29, 1.82) is 0 Å². The van der Waals surface area contributed by atoms with Crippen LogP contribution in [-0.4, -0.2) is 14.7 Å². The quantitative estimate of drug-likeness (QED) is 0.419. The van der Waals surface area contributed by atoms with Crippen molar-refractivity contribution < 1.29 is 5.11 Å². The maximum Gasteiger partial charge on any atom is 0.221 e. The van der Waals surface area contributed by atoms with Gasteiger partial charge in [-0.2, -0.15) is 0 Å². The zero-order valence-electron chi connectivity index (χ0n) is 14.4. The minimum atomic E-state index is 0.104. The molecule has 0 fully saturated rings. The maximum absolute atomic E-state index is 10.7. The molecule has 0 aliphatic rings. The minimum absolute atomic E-state index is 0.104. The number of hydrogen-bond acceptors (Lipinski definition) is 4. The van der Waals surface area contributed by atoms with E-state index in [2.05, 4.69) is 15.2 Å². The van der Waals surface area contributed by atoms with Gasteiger partial charge in [0, 0.05) is 28.0 Å². The molecule has 0 spiro atoms. The lowest BCUT2D eigenvalue weighted by Crippen LogP contribution is -1.98. The zero-order chi connectivity index (χ0) is 18.3. The van der Waals surface area contributed by atoms with Crippen LogP contribution in [0.3, 0.4) is 0 Å². The molecule has 2 aromatic carbocycles. The molecule has 130 valence electrons. The van der Waals surface area contributed by atoms with Crippen LogP contribution in [0.15, 0.2) is 65.0 Å². The first-order chi connectivity index (χ1) is 12.6. The summed E-state index contributed by atoms with van der Waals surface area (Å²) in [7, 11) is 0. The molecule has 0 aliphatic carbocycles. The Hall–Kier alpha value is -2.92. The number of azo groups is 1. The maximum atomic E-state index is 10.7. The molecule has 2 heterocycles. The van der Waals surface area contributed by atoms with Crippen LogP contribution in [0.25, 0.3) is 21.8 Å². The topological polar surface area (TPSA) is 62.8 Å². The molecular formula is C20H17ClN4O. The first-order valence-electron chi connectivity index (χ1n) is 8.34. The van der Waals surface area contributed by atoms with Crippen molar-refractivity contribution in [2.24, 2.45) is 10.2 Å². The van der Waals surface area contributed by atoms with Gasteiger partial charge in [0.2, 0.25) is 5.88 Å². The summed E-state index contributed by atoms with van der Waals surface area (Å²) < 4.78 is 1.86. The summed E-state index contributed by atoms with van der Waals surface area (Å²) in [6, 6.07) is 15.1. The highest BCUT2D eigenvalue weighted by molar-refractivity contribution is 6.31. The number of halogens is 1. The van der Waals surface area contributed by atoms with Gasteiger partial charge in [0.15, 0.2) is 5.69 Å². The van der Waals surface area contributed by atoms with Gasteiger partial charge in [-0.15, -0.1) is 10.2 Å². The fourth-order valence-electron chi connectivity index (χ4n) is 3.15. The summed E-state index contributed by atoms with van der Waals surface area (Å²) >= 11 is 6.03. The van der Waals surface area contributed by atoms with Crippen molar-refractivity contribution in [2.75, 3.05) is 0 Å². The van der Waals surface area contributed by atoms with E-state index in [9.17, 15) is 5.11 Å². The Morgan fingerprint density at radius 3 is 2.65 bits per heavy atom. The predicted molar refractivity (Wildman–Crippen MR) is 105 cm³/mol. The molecule has 0 saturated carbocycles. The summed E-state index contributed by atoms with van der Waals surface area (Å²) in [5.41, 5.74) is 2.82. The lowest BCUT2D eigenvalue weighted by molar-refractivity contribution is 0.407. The van der Waals surface area contributed by atoms with Gasteiger partial charge in [-0.3, -0.25) is 4.98 Å². The Morgan fingerprint density at radius 1 is 1.04 bits per heavy atom. The highest BCUT2D eigenvalue weighted by Crippen LogP contribution is 2.41. The molecule has 2 aromatic heterocycles. The third-order valence-electron chi connectivity index (χ3n) is 4.31. The van der Waals surface area contributed by atoms with Crippen LogP contribution in [0.5, 0.6) is 5.88 Å². The number of pyridine rings is 1. The lowest BCUT2D eigenvalue weighted by atomic mass is 10.2. The Morgan fingerprint density at radius 2 is 1.85 bits per heavy atom. The van der Waals surface area contributed by atoms with E-state index >= 15 is 0 Å². The summed E-state index contributed by atoms with van der Waals surface area (Å²) in [5, 5.41) is 21.8. The molecule has 0 amide bonds. The molecular weight excluding hydrogens is 348 g/mol. The third kappa shape index (κ3) is 2.70. The van der Waals surface area contributed by atoms with E-state index in [0.29, 0.717) is 16.4 Å². The van der Waals surface area contributed by atoms with E-state index in [4.69, 9.17) is 11.6 Å². The van der Waals surface area contributed by atoms with Crippen molar-refractivity contribution in [2.45, 2.75) is 19.9 Å². The average Bonchev–Trinajstić information content (AvgIpc) is 2.91. The van der Waals surface area contributed by atoms with Gasteiger partial charge < -0.3 is 9.67 Å². The van der Waals surface area contributed by atoms with Crippen LogP contribution in [-0.2, 0) is 0 Å². The van der Waals surface area contributed by atoms with E-state index in [0.717, 1.165) is 21.8 Å². The van der Waals surface area contributed by atoms with Crippen LogP contribution in [0.1, 0.15) is 19.9 Å². The fraction of sp³-hybridized carbons (Fsp3) is 0.150. The minimum Gasteiger partial charge on any atom is -0.493 e. The van der Waals surface area contributed by atoms with Gasteiger partial charge in [-0.25, -0.2) is 0 Å². The van der Waals surface area contributed by atoms with Gasteiger partial charge >= 0.3 is 0 Å². The van der Waals surface area contributed by atoms with Crippen molar-refractivity contribution in [1.82, 2.24) is 9.55 Å². The first-order valence-corrected chi connectivity index (χ1v) is 8.72. The summed E-state index contributed by atoms with van der Waals surface area (Å²) in [6.45, 7) is 4.04. The smallest absolute Gasteiger partial charge is 0.221 e. The third-order valence-corrected chi connectivity index (χ3v) is 4.55. The average molecular weight is 365 g/mol. The first kappa shape index (κ1) is 16.5. The van der Waals surface area contributed by atoms with Crippen LogP contribution in [0.2, 0.25) is 5.02 Å². The Kier molecular flexibility index (Phi) is 4.09. The number of fused-ring (bicyclic) bond motifs is 2. The fourth-order valence-corrected chi connectivity index (χ4v) is 3.32. The Balaban J connectivity index is 1.87. The van der Waals surface area contributed by atoms with Crippen LogP contribution >= 0.6 is 11.6 Å². The Bertz CT molecular complexity index is 1150. The van der Waals surface area contributed by atoms with Gasteiger partial charge in [-0.1, -0.05) is 29.8 Å². The number of rotatable bonds is 3. The van der Waals surface area contributed by atoms with Gasteiger partial charge in [0.25, 0.3) is 0 Å². The van der Waals surface area contributed by atoms with Crippen molar-refractivity contribution in [3.8, 4) is 5.88 Å². The van der Waals surface area contributed by atoms with Crippen molar-refractivity contribution >= 4 is 44.8 Å². The van der Waals surface area contributed by atoms with Crippen LogP contribution < -0.4 is 0 Å². The molecule has 6 heteroatoms. The van der Waals surface area contributed by atoms with Crippen LogP contribution in [0.4, 0.5) is 11.4 Å². The second kappa shape index (κ2) is 6.42.